The Kier molecular flexibility index (Phi) is 3.33. The molecule has 62 valence electrons. The number of aryl methyl sites for hydroxylation is 1. The van der Waals surface area contributed by atoms with E-state index in [0.717, 1.165) is 10.0 Å². The van der Waals surface area contributed by atoms with Gasteiger partial charge in [0.25, 0.3) is 0 Å². The quantitative estimate of drug-likeness (QED) is 0.670. The van der Waals surface area contributed by atoms with Crippen molar-refractivity contribution in [3.63, 3.8) is 0 Å². The molecule has 1 nitrogen and oxygen atoms in total. The van der Waals surface area contributed by atoms with Gasteiger partial charge in [-0.15, -0.1) is 0 Å². The summed E-state index contributed by atoms with van der Waals surface area (Å²) in [6, 6.07) is 6.06. The van der Waals surface area contributed by atoms with Crippen LogP contribution in [0.3, 0.4) is 0 Å². The van der Waals surface area contributed by atoms with Crippen molar-refractivity contribution in [3.8, 4) is 11.8 Å². The molecule has 2 N–H and O–H groups in total. The van der Waals surface area contributed by atoms with Crippen LogP contribution in [0.2, 0.25) is 0 Å². The van der Waals surface area contributed by atoms with Gasteiger partial charge in [-0.2, -0.15) is 0 Å². The summed E-state index contributed by atoms with van der Waals surface area (Å²) in [5, 5.41) is 0. The third-order valence-corrected chi connectivity index (χ3v) is 2.11. The van der Waals surface area contributed by atoms with Crippen LogP contribution >= 0.6 is 15.9 Å². The summed E-state index contributed by atoms with van der Waals surface area (Å²) >= 11 is 3.43. The molecular weight excluding hydrogens is 214 g/mol. The van der Waals surface area contributed by atoms with Crippen molar-refractivity contribution in [1.82, 2.24) is 0 Å². The van der Waals surface area contributed by atoms with Crippen LogP contribution in [-0.4, -0.2) is 6.54 Å². The van der Waals surface area contributed by atoms with Crippen LogP contribution in [0, 0.1) is 18.8 Å². The second-order valence-electron chi connectivity index (χ2n) is 2.49. The molecule has 1 aromatic carbocycles. The highest BCUT2D eigenvalue weighted by atomic mass is 79.9. The second kappa shape index (κ2) is 4.30. The van der Waals surface area contributed by atoms with Gasteiger partial charge in [-0.3, -0.25) is 0 Å². The van der Waals surface area contributed by atoms with E-state index in [4.69, 9.17) is 5.73 Å². The predicted octanol–water partition coefficient (Wildman–Crippen LogP) is 2.07. The lowest BCUT2D eigenvalue weighted by Gasteiger charge is -1.96. The number of hydrogen-bond acceptors (Lipinski definition) is 1. The molecule has 0 heterocycles. The average molecular weight is 224 g/mol. The number of rotatable bonds is 0. The molecule has 0 saturated heterocycles. The van der Waals surface area contributed by atoms with Crippen LogP contribution in [0.4, 0.5) is 0 Å². The first-order valence-electron chi connectivity index (χ1n) is 3.69. The van der Waals surface area contributed by atoms with Crippen molar-refractivity contribution in [2.45, 2.75) is 6.92 Å². The summed E-state index contributed by atoms with van der Waals surface area (Å²) in [4.78, 5) is 0. The average Bonchev–Trinajstić information content (AvgIpc) is 2.03. The Bertz CT molecular complexity index is 333. The molecule has 12 heavy (non-hydrogen) atoms. The van der Waals surface area contributed by atoms with E-state index in [0.29, 0.717) is 6.54 Å². The molecule has 0 radical (unpaired) electrons. The van der Waals surface area contributed by atoms with Gasteiger partial charge in [-0.05, 0) is 40.5 Å². The third kappa shape index (κ3) is 2.37. The Balaban J connectivity index is 3.01. The molecule has 0 aliphatic carbocycles. The second-order valence-corrected chi connectivity index (χ2v) is 3.34. The molecule has 0 amide bonds. The zero-order valence-electron chi connectivity index (χ0n) is 6.89. The third-order valence-electron chi connectivity index (χ3n) is 1.45. The largest absolute Gasteiger partial charge is 0.320 e. The Morgan fingerprint density at radius 1 is 1.50 bits per heavy atom. The lowest BCUT2D eigenvalue weighted by atomic mass is 10.1. The van der Waals surface area contributed by atoms with E-state index in [-0.39, 0.29) is 0 Å². The Hall–Kier alpha value is -0.780. The van der Waals surface area contributed by atoms with Crippen molar-refractivity contribution >= 4 is 15.9 Å². The molecule has 2 heteroatoms. The van der Waals surface area contributed by atoms with E-state index in [1.807, 2.05) is 25.1 Å². The fourth-order valence-electron chi connectivity index (χ4n) is 0.868. The van der Waals surface area contributed by atoms with Gasteiger partial charge < -0.3 is 5.73 Å². The molecule has 0 spiro atoms. The lowest BCUT2D eigenvalue weighted by Crippen LogP contribution is -1.93. The minimum Gasteiger partial charge on any atom is -0.320 e. The van der Waals surface area contributed by atoms with E-state index < -0.39 is 0 Å². The van der Waals surface area contributed by atoms with E-state index in [1.54, 1.807) is 0 Å². The number of benzene rings is 1. The van der Waals surface area contributed by atoms with Gasteiger partial charge in [-0.25, -0.2) is 0 Å². The van der Waals surface area contributed by atoms with Crippen LogP contribution < -0.4 is 5.73 Å². The normalized spacial score (nSPS) is 8.92. The molecule has 0 aliphatic rings. The molecule has 0 aliphatic heterocycles. The Morgan fingerprint density at radius 3 is 2.83 bits per heavy atom. The first kappa shape index (κ1) is 9.31. The molecule has 0 unspecified atom stereocenters. The summed E-state index contributed by atoms with van der Waals surface area (Å²) < 4.78 is 1.03. The van der Waals surface area contributed by atoms with Gasteiger partial charge in [0.05, 0.1) is 6.54 Å². The van der Waals surface area contributed by atoms with E-state index in [1.165, 1.54) is 5.56 Å². The summed E-state index contributed by atoms with van der Waals surface area (Å²) in [6.07, 6.45) is 0. The maximum atomic E-state index is 5.27. The SMILES string of the molecule is Cc1ccc(C#CCN)c(Br)c1. The van der Waals surface area contributed by atoms with Gasteiger partial charge in [-0.1, -0.05) is 17.9 Å². The van der Waals surface area contributed by atoms with Crippen LogP contribution in [0.1, 0.15) is 11.1 Å². The van der Waals surface area contributed by atoms with Crippen molar-refractivity contribution < 1.29 is 0 Å². The lowest BCUT2D eigenvalue weighted by molar-refractivity contribution is 1.30. The first-order valence-corrected chi connectivity index (χ1v) is 4.48. The number of hydrogen-bond donors (Lipinski definition) is 1. The highest BCUT2D eigenvalue weighted by molar-refractivity contribution is 9.10. The molecule has 0 atom stereocenters. The van der Waals surface area contributed by atoms with Crippen LogP contribution in [0.25, 0.3) is 0 Å². The smallest absolute Gasteiger partial charge is 0.0555 e. The van der Waals surface area contributed by atoms with Gasteiger partial charge in [0.2, 0.25) is 0 Å². The van der Waals surface area contributed by atoms with Crippen LogP contribution in [-0.2, 0) is 0 Å². The van der Waals surface area contributed by atoms with Crippen LogP contribution in [0.15, 0.2) is 22.7 Å². The zero-order valence-corrected chi connectivity index (χ0v) is 8.48. The summed E-state index contributed by atoms with van der Waals surface area (Å²) in [5.41, 5.74) is 7.48. The molecule has 0 fully saturated rings. The topological polar surface area (TPSA) is 26.0 Å². The van der Waals surface area contributed by atoms with Crippen molar-refractivity contribution in [2.75, 3.05) is 6.54 Å². The van der Waals surface area contributed by atoms with Crippen molar-refractivity contribution in [1.29, 1.82) is 0 Å². The molecule has 1 rings (SSSR count). The molecule has 0 saturated carbocycles. The standard InChI is InChI=1S/C10H10BrN/c1-8-4-5-9(3-2-6-12)10(11)7-8/h4-5,7H,6,12H2,1H3. The van der Waals surface area contributed by atoms with E-state index in [2.05, 4.69) is 27.8 Å². The first-order chi connectivity index (χ1) is 5.74. The van der Waals surface area contributed by atoms with Gasteiger partial charge >= 0.3 is 0 Å². The Morgan fingerprint density at radius 2 is 2.25 bits per heavy atom. The maximum Gasteiger partial charge on any atom is 0.0555 e. The van der Waals surface area contributed by atoms with Crippen LogP contribution in [0.5, 0.6) is 0 Å². The minimum absolute atomic E-state index is 0.403. The minimum atomic E-state index is 0.403. The summed E-state index contributed by atoms with van der Waals surface area (Å²) in [7, 11) is 0. The fraction of sp³-hybridized carbons (Fsp3) is 0.200. The molecular formula is C10H10BrN. The van der Waals surface area contributed by atoms with Gasteiger partial charge in [0.1, 0.15) is 0 Å². The van der Waals surface area contributed by atoms with Crippen molar-refractivity contribution in [3.05, 3.63) is 33.8 Å². The Labute approximate surface area is 81.1 Å². The summed E-state index contributed by atoms with van der Waals surface area (Å²) in [6.45, 7) is 2.45. The van der Waals surface area contributed by atoms with Crippen molar-refractivity contribution in [2.24, 2.45) is 5.73 Å². The monoisotopic (exact) mass is 223 g/mol. The maximum absolute atomic E-state index is 5.27. The number of halogens is 1. The van der Waals surface area contributed by atoms with E-state index in [9.17, 15) is 0 Å². The summed E-state index contributed by atoms with van der Waals surface area (Å²) in [5.74, 6) is 5.79. The fourth-order valence-corrected chi connectivity index (χ4v) is 1.46. The highest BCUT2D eigenvalue weighted by Crippen LogP contribution is 2.16. The van der Waals surface area contributed by atoms with E-state index >= 15 is 0 Å². The molecule has 0 bridgehead atoms. The molecule has 0 aromatic heterocycles. The van der Waals surface area contributed by atoms with Gasteiger partial charge in [0, 0.05) is 10.0 Å². The molecule has 1 aromatic rings. The highest BCUT2D eigenvalue weighted by Gasteiger charge is 1.94. The zero-order chi connectivity index (χ0) is 8.97. The van der Waals surface area contributed by atoms with Gasteiger partial charge in [0.15, 0.2) is 0 Å². The predicted molar refractivity (Wildman–Crippen MR) is 54.8 cm³/mol. The number of nitrogens with two attached hydrogens (primary N) is 1.